The molecule has 0 atom stereocenters. The maximum atomic E-state index is 10.8. The van der Waals surface area contributed by atoms with Crippen molar-refractivity contribution in [3.8, 4) is 5.75 Å². The van der Waals surface area contributed by atoms with Gasteiger partial charge < -0.3 is 9.47 Å². The van der Waals surface area contributed by atoms with Crippen LogP contribution in [0.25, 0.3) is 0 Å². The van der Waals surface area contributed by atoms with E-state index in [-0.39, 0.29) is 13.2 Å². The zero-order chi connectivity index (χ0) is 11.1. The molecule has 15 heavy (non-hydrogen) atoms. The van der Waals surface area contributed by atoms with Gasteiger partial charge in [-0.15, -0.1) is 0 Å². The molecule has 0 saturated carbocycles. The lowest BCUT2D eigenvalue weighted by atomic mass is 10.2. The SMILES string of the molecule is COC(=O)COc1ccc(CN=O)cc1. The van der Waals surface area contributed by atoms with Gasteiger partial charge in [0.1, 0.15) is 12.3 Å². The molecule has 5 heteroatoms. The monoisotopic (exact) mass is 209 g/mol. The van der Waals surface area contributed by atoms with E-state index in [1.807, 2.05) is 0 Å². The van der Waals surface area contributed by atoms with Gasteiger partial charge >= 0.3 is 5.97 Å². The molecule has 0 aliphatic rings. The van der Waals surface area contributed by atoms with Crippen LogP contribution in [0.1, 0.15) is 5.56 Å². The molecule has 80 valence electrons. The third-order valence-electron chi connectivity index (χ3n) is 1.75. The van der Waals surface area contributed by atoms with E-state index < -0.39 is 5.97 Å². The summed E-state index contributed by atoms with van der Waals surface area (Å²) in [5, 5.41) is 2.76. The van der Waals surface area contributed by atoms with E-state index in [0.717, 1.165) is 5.56 Å². The van der Waals surface area contributed by atoms with E-state index in [2.05, 4.69) is 9.91 Å². The van der Waals surface area contributed by atoms with Gasteiger partial charge in [-0.25, -0.2) is 4.79 Å². The number of hydrogen-bond donors (Lipinski definition) is 0. The number of esters is 1. The van der Waals surface area contributed by atoms with Crippen LogP contribution in [0.2, 0.25) is 0 Å². The van der Waals surface area contributed by atoms with Crippen molar-refractivity contribution in [1.29, 1.82) is 0 Å². The Labute approximate surface area is 87.0 Å². The van der Waals surface area contributed by atoms with Gasteiger partial charge in [-0.3, -0.25) is 0 Å². The second-order valence-electron chi connectivity index (χ2n) is 2.80. The number of benzene rings is 1. The second kappa shape index (κ2) is 5.74. The number of ether oxygens (including phenoxy) is 2. The van der Waals surface area contributed by atoms with Crippen molar-refractivity contribution in [1.82, 2.24) is 0 Å². The van der Waals surface area contributed by atoms with Gasteiger partial charge in [0, 0.05) is 0 Å². The first-order chi connectivity index (χ1) is 7.26. The van der Waals surface area contributed by atoms with E-state index in [1.165, 1.54) is 7.11 Å². The van der Waals surface area contributed by atoms with Crippen LogP contribution in [0, 0.1) is 4.91 Å². The van der Waals surface area contributed by atoms with Gasteiger partial charge in [0.15, 0.2) is 6.61 Å². The summed E-state index contributed by atoms with van der Waals surface area (Å²) in [7, 11) is 1.30. The van der Waals surface area contributed by atoms with Crippen LogP contribution >= 0.6 is 0 Å². The van der Waals surface area contributed by atoms with E-state index in [0.29, 0.717) is 5.75 Å². The van der Waals surface area contributed by atoms with Gasteiger partial charge in [-0.2, -0.15) is 4.91 Å². The normalized spacial score (nSPS) is 9.40. The fourth-order valence-electron chi connectivity index (χ4n) is 0.967. The molecule has 0 fully saturated rings. The second-order valence-corrected chi connectivity index (χ2v) is 2.80. The number of nitroso groups, excluding NO2 is 1. The zero-order valence-corrected chi connectivity index (χ0v) is 8.30. The molecule has 0 saturated heterocycles. The maximum absolute atomic E-state index is 10.8. The Bertz CT molecular complexity index is 334. The first-order valence-electron chi connectivity index (χ1n) is 4.34. The Hall–Kier alpha value is -1.91. The molecule has 0 unspecified atom stereocenters. The van der Waals surface area contributed by atoms with Crippen LogP contribution < -0.4 is 4.74 Å². The van der Waals surface area contributed by atoms with E-state index >= 15 is 0 Å². The summed E-state index contributed by atoms with van der Waals surface area (Å²) in [6.45, 7) is 0.0130. The van der Waals surface area contributed by atoms with Gasteiger partial charge in [0.25, 0.3) is 0 Å². The molecule has 0 N–H and O–H groups in total. The number of methoxy groups -OCH3 is 1. The highest BCUT2D eigenvalue weighted by Crippen LogP contribution is 2.12. The molecule has 5 nitrogen and oxygen atoms in total. The number of carbonyl (C=O) groups excluding carboxylic acids is 1. The summed E-state index contributed by atoms with van der Waals surface area (Å²) in [5.74, 6) is 0.115. The predicted molar refractivity (Wildman–Crippen MR) is 53.5 cm³/mol. The minimum Gasteiger partial charge on any atom is -0.482 e. The number of rotatable bonds is 5. The zero-order valence-electron chi connectivity index (χ0n) is 8.30. The largest absolute Gasteiger partial charge is 0.482 e. The number of hydrogen-bond acceptors (Lipinski definition) is 5. The molecule has 0 aromatic heterocycles. The molecular weight excluding hydrogens is 198 g/mol. The van der Waals surface area contributed by atoms with Crippen molar-refractivity contribution >= 4 is 5.97 Å². The minimum atomic E-state index is -0.436. The molecule has 0 spiro atoms. The minimum absolute atomic E-state index is 0.123. The molecule has 0 heterocycles. The third-order valence-corrected chi connectivity index (χ3v) is 1.75. The van der Waals surface area contributed by atoms with Crippen LogP contribution in [0.4, 0.5) is 0 Å². The number of carbonyl (C=O) groups is 1. The Morgan fingerprint density at radius 3 is 2.53 bits per heavy atom. The van der Waals surface area contributed by atoms with Gasteiger partial charge in [-0.05, 0) is 17.7 Å². The Kier molecular flexibility index (Phi) is 4.28. The summed E-state index contributed by atoms with van der Waals surface area (Å²) in [6.07, 6.45) is 0. The quantitative estimate of drug-likeness (QED) is 0.544. The van der Waals surface area contributed by atoms with Crippen LogP contribution in [0.15, 0.2) is 29.4 Å². The lowest BCUT2D eigenvalue weighted by Crippen LogP contribution is -2.12. The fraction of sp³-hybridized carbons (Fsp3) is 0.300. The highest BCUT2D eigenvalue weighted by atomic mass is 16.6. The molecule has 0 aliphatic heterocycles. The van der Waals surface area contributed by atoms with Crippen molar-refractivity contribution in [2.24, 2.45) is 5.18 Å². The van der Waals surface area contributed by atoms with Crippen molar-refractivity contribution in [3.05, 3.63) is 34.7 Å². The van der Waals surface area contributed by atoms with E-state index in [4.69, 9.17) is 4.74 Å². The molecule has 1 rings (SSSR count). The first-order valence-corrected chi connectivity index (χ1v) is 4.34. The van der Waals surface area contributed by atoms with Crippen LogP contribution in [-0.2, 0) is 16.1 Å². The highest BCUT2D eigenvalue weighted by molar-refractivity contribution is 5.70. The molecule has 1 aromatic rings. The van der Waals surface area contributed by atoms with Gasteiger partial charge in [-0.1, -0.05) is 17.3 Å². The summed E-state index contributed by atoms with van der Waals surface area (Å²) in [6, 6.07) is 6.77. The maximum Gasteiger partial charge on any atom is 0.343 e. The van der Waals surface area contributed by atoms with E-state index in [9.17, 15) is 9.70 Å². The standard InChI is InChI=1S/C10H11NO4/c1-14-10(12)7-15-9-4-2-8(3-5-9)6-11-13/h2-5H,6-7H2,1H3. The third kappa shape index (κ3) is 3.76. The van der Waals surface area contributed by atoms with Crippen molar-refractivity contribution < 1.29 is 14.3 Å². The topological polar surface area (TPSA) is 65.0 Å². The first kappa shape index (κ1) is 11.2. The van der Waals surface area contributed by atoms with Crippen LogP contribution in [0.3, 0.4) is 0 Å². The summed E-state index contributed by atoms with van der Waals surface area (Å²) >= 11 is 0. The van der Waals surface area contributed by atoms with Crippen molar-refractivity contribution in [2.75, 3.05) is 13.7 Å². The molecular formula is C10H11NO4. The van der Waals surface area contributed by atoms with Crippen molar-refractivity contribution in [2.45, 2.75) is 6.54 Å². The summed E-state index contributed by atoms with van der Waals surface area (Å²) < 4.78 is 9.52. The van der Waals surface area contributed by atoms with E-state index in [1.54, 1.807) is 24.3 Å². The molecule has 0 amide bonds. The Morgan fingerprint density at radius 1 is 1.33 bits per heavy atom. The molecule has 0 bridgehead atoms. The van der Waals surface area contributed by atoms with Gasteiger partial charge in [0.2, 0.25) is 0 Å². The lowest BCUT2D eigenvalue weighted by Gasteiger charge is -2.04. The van der Waals surface area contributed by atoms with Gasteiger partial charge in [0.05, 0.1) is 7.11 Å². The highest BCUT2D eigenvalue weighted by Gasteiger charge is 2.01. The Morgan fingerprint density at radius 2 is 2.00 bits per heavy atom. The average molecular weight is 209 g/mol. The lowest BCUT2D eigenvalue weighted by molar-refractivity contribution is -0.142. The molecule has 0 radical (unpaired) electrons. The Balaban J connectivity index is 2.49. The molecule has 1 aromatic carbocycles. The van der Waals surface area contributed by atoms with Crippen molar-refractivity contribution in [3.63, 3.8) is 0 Å². The average Bonchev–Trinajstić information content (AvgIpc) is 2.28. The smallest absolute Gasteiger partial charge is 0.343 e. The summed E-state index contributed by atoms with van der Waals surface area (Å²) in [5.41, 5.74) is 0.801. The summed E-state index contributed by atoms with van der Waals surface area (Å²) in [4.78, 5) is 20.7. The predicted octanol–water partition coefficient (Wildman–Crippen LogP) is 1.50. The van der Waals surface area contributed by atoms with Crippen LogP contribution in [-0.4, -0.2) is 19.7 Å². The molecule has 0 aliphatic carbocycles. The number of nitrogens with zero attached hydrogens (tertiary/aromatic N) is 1. The fourth-order valence-corrected chi connectivity index (χ4v) is 0.967. The van der Waals surface area contributed by atoms with Crippen LogP contribution in [0.5, 0.6) is 5.75 Å².